The minimum atomic E-state index is -0.422. The summed E-state index contributed by atoms with van der Waals surface area (Å²) in [6, 6.07) is 18.3. The molecular weight excluding hydrogens is 350 g/mol. The van der Waals surface area contributed by atoms with Crippen LogP contribution in [0.25, 0.3) is 11.1 Å². The first-order valence-corrected chi connectivity index (χ1v) is 9.96. The molecule has 0 saturated carbocycles. The van der Waals surface area contributed by atoms with Crippen molar-refractivity contribution in [3.8, 4) is 11.1 Å². The summed E-state index contributed by atoms with van der Waals surface area (Å²) in [6.07, 6.45) is 0.195. The number of amides is 2. The Bertz CT molecular complexity index is 787. The van der Waals surface area contributed by atoms with Gasteiger partial charge < -0.3 is 10.6 Å². The van der Waals surface area contributed by atoms with E-state index >= 15 is 0 Å². The van der Waals surface area contributed by atoms with Gasteiger partial charge in [0.2, 0.25) is 11.8 Å². The first-order valence-electron chi connectivity index (χ1n) is 9.96. The highest BCUT2D eigenvalue weighted by atomic mass is 16.2. The Labute approximate surface area is 167 Å². The molecule has 3 rings (SSSR count). The van der Waals surface area contributed by atoms with Crippen LogP contribution in [0.5, 0.6) is 0 Å². The molecule has 28 heavy (non-hydrogen) atoms. The fourth-order valence-electron chi connectivity index (χ4n) is 3.41. The van der Waals surface area contributed by atoms with Crippen LogP contribution in [0.2, 0.25) is 0 Å². The highest BCUT2D eigenvalue weighted by Crippen LogP contribution is 2.21. The maximum atomic E-state index is 12.4. The van der Waals surface area contributed by atoms with Crippen LogP contribution < -0.4 is 10.6 Å². The van der Waals surface area contributed by atoms with Crippen LogP contribution in [0.3, 0.4) is 0 Å². The lowest BCUT2D eigenvalue weighted by atomic mass is 10.0. The zero-order chi connectivity index (χ0) is 19.9. The van der Waals surface area contributed by atoms with Gasteiger partial charge in [0, 0.05) is 26.2 Å². The van der Waals surface area contributed by atoms with E-state index in [4.69, 9.17) is 0 Å². The SMILES string of the molecule is CC(C)CNC(=O)CC1C(=O)NCCN1Cc1ccc(-c2ccccc2)cc1. The third-order valence-electron chi connectivity index (χ3n) is 4.97. The lowest BCUT2D eigenvalue weighted by molar-refractivity contribution is -0.134. The van der Waals surface area contributed by atoms with E-state index in [1.165, 1.54) is 11.1 Å². The van der Waals surface area contributed by atoms with Crippen molar-refractivity contribution < 1.29 is 9.59 Å². The van der Waals surface area contributed by atoms with Crippen molar-refractivity contribution in [3.63, 3.8) is 0 Å². The number of carbonyl (C=O) groups excluding carboxylic acids is 2. The molecule has 1 heterocycles. The lowest BCUT2D eigenvalue weighted by Crippen LogP contribution is -2.56. The predicted octanol–water partition coefficient (Wildman–Crippen LogP) is 2.82. The molecule has 5 nitrogen and oxygen atoms in total. The van der Waals surface area contributed by atoms with E-state index < -0.39 is 6.04 Å². The third kappa shape index (κ3) is 5.42. The molecule has 0 bridgehead atoms. The van der Waals surface area contributed by atoms with E-state index in [-0.39, 0.29) is 18.2 Å². The van der Waals surface area contributed by atoms with Crippen molar-refractivity contribution >= 4 is 11.8 Å². The predicted molar refractivity (Wildman–Crippen MR) is 112 cm³/mol. The normalized spacial score (nSPS) is 17.4. The molecule has 2 amide bonds. The molecule has 1 atom stereocenters. The molecule has 0 aromatic heterocycles. The molecule has 148 valence electrons. The molecule has 1 unspecified atom stereocenters. The third-order valence-corrected chi connectivity index (χ3v) is 4.97. The van der Waals surface area contributed by atoms with Crippen molar-refractivity contribution in [2.24, 2.45) is 5.92 Å². The van der Waals surface area contributed by atoms with Gasteiger partial charge in [0.05, 0.1) is 12.5 Å². The Morgan fingerprint density at radius 3 is 2.46 bits per heavy atom. The maximum Gasteiger partial charge on any atom is 0.237 e. The van der Waals surface area contributed by atoms with Gasteiger partial charge in [0.15, 0.2) is 0 Å². The second kappa shape index (κ2) is 9.51. The van der Waals surface area contributed by atoms with Gasteiger partial charge >= 0.3 is 0 Å². The average molecular weight is 380 g/mol. The van der Waals surface area contributed by atoms with Crippen LogP contribution in [-0.2, 0) is 16.1 Å². The van der Waals surface area contributed by atoms with Crippen LogP contribution in [0, 0.1) is 5.92 Å². The van der Waals surface area contributed by atoms with E-state index in [1.54, 1.807) is 0 Å². The summed E-state index contributed by atoms with van der Waals surface area (Å²) in [7, 11) is 0. The summed E-state index contributed by atoms with van der Waals surface area (Å²) in [4.78, 5) is 26.7. The van der Waals surface area contributed by atoms with Gasteiger partial charge in [0.1, 0.15) is 0 Å². The number of hydrogen-bond donors (Lipinski definition) is 2. The summed E-state index contributed by atoms with van der Waals surface area (Å²) < 4.78 is 0. The van der Waals surface area contributed by atoms with Crippen LogP contribution >= 0.6 is 0 Å². The number of rotatable bonds is 7. The van der Waals surface area contributed by atoms with Crippen LogP contribution in [0.1, 0.15) is 25.8 Å². The van der Waals surface area contributed by atoms with Crippen LogP contribution in [-0.4, -0.2) is 42.4 Å². The van der Waals surface area contributed by atoms with Crippen molar-refractivity contribution in [3.05, 3.63) is 60.2 Å². The second-order valence-electron chi connectivity index (χ2n) is 7.74. The molecule has 1 aliphatic heterocycles. The Balaban J connectivity index is 1.65. The number of benzene rings is 2. The highest BCUT2D eigenvalue weighted by Gasteiger charge is 2.31. The van der Waals surface area contributed by atoms with E-state index in [2.05, 4.69) is 65.8 Å². The standard InChI is InChI=1S/C23H29N3O2/c1-17(2)15-25-22(27)14-21-23(28)24-12-13-26(21)16-18-8-10-20(11-9-18)19-6-4-3-5-7-19/h3-11,17,21H,12-16H2,1-2H3,(H,24,28)(H,25,27). The quantitative estimate of drug-likeness (QED) is 0.778. The van der Waals surface area contributed by atoms with Gasteiger partial charge in [-0.05, 0) is 22.6 Å². The maximum absolute atomic E-state index is 12.4. The molecule has 0 aliphatic carbocycles. The molecule has 0 radical (unpaired) electrons. The minimum absolute atomic E-state index is 0.0631. The van der Waals surface area contributed by atoms with Gasteiger partial charge in [-0.3, -0.25) is 14.5 Å². The first-order chi connectivity index (χ1) is 13.5. The topological polar surface area (TPSA) is 61.4 Å². The zero-order valence-corrected chi connectivity index (χ0v) is 16.7. The van der Waals surface area contributed by atoms with Crippen molar-refractivity contribution in [1.29, 1.82) is 0 Å². The van der Waals surface area contributed by atoms with E-state index in [9.17, 15) is 9.59 Å². The zero-order valence-electron chi connectivity index (χ0n) is 16.7. The van der Waals surface area contributed by atoms with Gasteiger partial charge in [-0.1, -0.05) is 68.4 Å². The Morgan fingerprint density at radius 2 is 1.79 bits per heavy atom. The average Bonchev–Trinajstić information content (AvgIpc) is 2.70. The number of hydrogen-bond acceptors (Lipinski definition) is 3. The highest BCUT2D eigenvalue weighted by molar-refractivity contribution is 5.88. The van der Waals surface area contributed by atoms with Gasteiger partial charge in [0.25, 0.3) is 0 Å². The summed E-state index contributed by atoms with van der Waals surface area (Å²) in [5, 5.41) is 5.80. The van der Waals surface area contributed by atoms with E-state index in [0.29, 0.717) is 25.6 Å². The second-order valence-corrected chi connectivity index (χ2v) is 7.74. The van der Waals surface area contributed by atoms with Crippen molar-refractivity contribution in [2.75, 3.05) is 19.6 Å². The summed E-state index contributed by atoms with van der Waals surface area (Å²) in [5.74, 6) is 0.260. The molecule has 5 heteroatoms. The Kier molecular flexibility index (Phi) is 6.82. The smallest absolute Gasteiger partial charge is 0.237 e. The number of carbonyl (C=O) groups is 2. The summed E-state index contributed by atoms with van der Waals surface area (Å²) >= 11 is 0. The Hall–Kier alpha value is -2.66. The molecule has 0 spiro atoms. The van der Waals surface area contributed by atoms with E-state index in [1.807, 2.05) is 18.2 Å². The molecule has 1 fully saturated rings. The largest absolute Gasteiger partial charge is 0.356 e. The van der Waals surface area contributed by atoms with Crippen LogP contribution in [0.4, 0.5) is 0 Å². The van der Waals surface area contributed by atoms with Crippen LogP contribution in [0.15, 0.2) is 54.6 Å². The minimum Gasteiger partial charge on any atom is -0.356 e. The van der Waals surface area contributed by atoms with Gasteiger partial charge in [-0.25, -0.2) is 0 Å². The van der Waals surface area contributed by atoms with Crippen molar-refractivity contribution in [1.82, 2.24) is 15.5 Å². The summed E-state index contributed by atoms with van der Waals surface area (Å²) in [5.41, 5.74) is 3.50. The molecule has 2 N–H and O–H groups in total. The molecule has 2 aromatic carbocycles. The number of nitrogens with zero attached hydrogens (tertiary/aromatic N) is 1. The Morgan fingerprint density at radius 1 is 1.11 bits per heavy atom. The number of piperazine rings is 1. The monoisotopic (exact) mass is 379 g/mol. The molecule has 1 aliphatic rings. The number of nitrogens with one attached hydrogen (secondary N) is 2. The van der Waals surface area contributed by atoms with E-state index in [0.717, 1.165) is 12.1 Å². The molecule has 1 saturated heterocycles. The van der Waals surface area contributed by atoms with Crippen molar-refractivity contribution in [2.45, 2.75) is 32.9 Å². The summed E-state index contributed by atoms with van der Waals surface area (Å²) in [6.45, 7) is 6.76. The molecule has 2 aromatic rings. The van der Waals surface area contributed by atoms with Gasteiger partial charge in [-0.2, -0.15) is 0 Å². The molecular formula is C23H29N3O2. The fraction of sp³-hybridized carbons (Fsp3) is 0.391. The van der Waals surface area contributed by atoms with Gasteiger partial charge in [-0.15, -0.1) is 0 Å². The fourth-order valence-corrected chi connectivity index (χ4v) is 3.41. The lowest BCUT2D eigenvalue weighted by Gasteiger charge is -2.34. The first kappa shape index (κ1) is 20.1.